The molecule has 0 bridgehead atoms. The molecule has 3 rings (SSSR count). The van der Waals surface area contributed by atoms with Gasteiger partial charge in [-0.25, -0.2) is 0 Å². The molecule has 2 fully saturated rings. The van der Waals surface area contributed by atoms with Crippen LogP contribution in [0.15, 0.2) is 17.1 Å². The molecule has 1 aliphatic heterocycles. The van der Waals surface area contributed by atoms with Gasteiger partial charge in [-0.2, -0.15) is 0 Å². The molecule has 20 heavy (non-hydrogen) atoms. The number of nitrogens with one attached hydrogen (secondary N) is 2. The lowest BCUT2D eigenvalue weighted by atomic mass is 9.65. The third-order valence-electron chi connectivity index (χ3n) is 4.42. The maximum absolute atomic E-state index is 12.2. The van der Waals surface area contributed by atoms with Crippen molar-refractivity contribution in [2.45, 2.75) is 31.9 Å². The van der Waals surface area contributed by atoms with Crippen LogP contribution in [0.1, 0.15) is 30.1 Å². The van der Waals surface area contributed by atoms with Gasteiger partial charge >= 0.3 is 0 Å². The van der Waals surface area contributed by atoms with Crippen LogP contribution in [0, 0.1) is 11.8 Å². The molecule has 1 amide bonds. The zero-order valence-corrected chi connectivity index (χ0v) is 11.9. The van der Waals surface area contributed by atoms with Crippen molar-refractivity contribution in [3.63, 3.8) is 0 Å². The average molecular weight is 297 g/mol. The first kappa shape index (κ1) is 13.6. The molecule has 0 aromatic carbocycles. The van der Waals surface area contributed by atoms with E-state index in [-0.39, 0.29) is 22.5 Å². The molecular weight excluding hydrogens is 280 g/mol. The Bertz CT molecular complexity index is 586. The maximum atomic E-state index is 12.2. The molecule has 1 aromatic rings. The molecule has 2 aliphatic rings. The normalized spacial score (nSPS) is 31.5. The van der Waals surface area contributed by atoms with Crippen molar-refractivity contribution in [3.8, 4) is 0 Å². The van der Waals surface area contributed by atoms with Crippen LogP contribution in [0.2, 0.25) is 5.02 Å². The first-order valence-electron chi connectivity index (χ1n) is 6.92. The highest BCUT2D eigenvalue weighted by molar-refractivity contribution is 6.30. The summed E-state index contributed by atoms with van der Waals surface area (Å²) < 4.78 is 5.69. The Balaban J connectivity index is 1.72. The number of fused-ring (bicyclic) bond motifs is 1. The Kier molecular flexibility index (Phi) is 3.56. The predicted molar refractivity (Wildman–Crippen MR) is 75.0 cm³/mol. The van der Waals surface area contributed by atoms with Gasteiger partial charge in [0.05, 0.1) is 11.7 Å². The second kappa shape index (κ2) is 5.22. The number of carbonyl (C=O) groups excluding carboxylic acids is 1. The molecule has 2 N–H and O–H groups in total. The Labute approximate surface area is 121 Å². The standard InChI is InChI=1S/C14H17ClN2O3/c1-2-8-11(9-3-4-20-12(8)9)17-13(18)7-5-10(15)14(19)16-6-7/h5-6,8-9,11-12H,2-4H2,1H3,(H,16,19)(H,17,18)/t8-,9+,11-,12-/m1/s1. The van der Waals surface area contributed by atoms with Crippen LogP contribution in [0.5, 0.6) is 0 Å². The molecule has 1 aliphatic carbocycles. The van der Waals surface area contributed by atoms with Gasteiger partial charge in [-0.3, -0.25) is 9.59 Å². The maximum Gasteiger partial charge on any atom is 0.266 e. The van der Waals surface area contributed by atoms with E-state index in [1.807, 2.05) is 0 Å². The van der Waals surface area contributed by atoms with E-state index < -0.39 is 0 Å². The molecule has 1 aromatic heterocycles. The minimum Gasteiger partial charge on any atom is -0.377 e. The zero-order valence-electron chi connectivity index (χ0n) is 11.2. The van der Waals surface area contributed by atoms with Crippen LogP contribution in [-0.2, 0) is 4.74 Å². The molecule has 4 atom stereocenters. The third kappa shape index (κ3) is 2.15. The lowest BCUT2D eigenvalue weighted by Gasteiger charge is -2.47. The predicted octanol–water partition coefficient (Wildman–Crippen LogP) is 1.57. The third-order valence-corrected chi connectivity index (χ3v) is 4.70. The molecule has 5 nitrogen and oxygen atoms in total. The molecule has 0 radical (unpaired) electrons. The van der Waals surface area contributed by atoms with Crippen molar-refractivity contribution < 1.29 is 9.53 Å². The van der Waals surface area contributed by atoms with Crippen molar-refractivity contribution in [2.75, 3.05) is 6.61 Å². The number of hydrogen-bond acceptors (Lipinski definition) is 3. The van der Waals surface area contributed by atoms with E-state index in [1.54, 1.807) is 0 Å². The molecule has 2 heterocycles. The van der Waals surface area contributed by atoms with Crippen LogP contribution in [0.3, 0.4) is 0 Å². The number of aromatic nitrogens is 1. The van der Waals surface area contributed by atoms with Crippen LogP contribution < -0.4 is 10.9 Å². The first-order valence-corrected chi connectivity index (χ1v) is 7.30. The number of carbonyl (C=O) groups is 1. The van der Waals surface area contributed by atoms with Gasteiger partial charge in [0.15, 0.2) is 0 Å². The summed E-state index contributed by atoms with van der Waals surface area (Å²) in [6.45, 7) is 2.89. The van der Waals surface area contributed by atoms with E-state index in [1.165, 1.54) is 12.3 Å². The summed E-state index contributed by atoms with van der Waals surface area (Å²) in [5.41, 5.74) is -0.00521. The van der Waals surface area contributed by atoms with Crippen LogP contribution in [0.4, 0.5) is 0 Å². The fourth-order valence-electron chi connectivity index (χ4n) is 3.35. The number of H-pyrrole nitrogens is 1. The number of ether oxygens (including phenoxy) is 1. The van der Waals surface area contributed by atoms with E-state index in [2.05, 4.69) is 17.2 Å². The van der Waals surface area contributed by atoms with Crippen LogP contribution in [0.25, 0.3) is 0 Å². The van der Waals surface area contributed by atoms with Gasteiger partial charge in [0.1, 0.15) is 5.02 Å². The Hall–Kier alpha value is -1.33. The van der Waals surface area contributed by atoms with Gasteiger partial charge < -0.3 is 15.0 Å². The zero-order chi connectivity index (χ0) is 14.3. The summed E-state index contributed by atoms with van der Waals surface area (Å²) in [6.07, 6.45) is 3.67. The molecule has 1 saturated heterocycles. The van der Waals surface area contributed by atoms with Gasteiger partial charge in [-0.05, 0) is 18.9 Å². The van der Waals surface area contributed by atoms with Gasteiger partial charge in [0.25, 0.3) is 11.5 Å². The largest absolute Gasteiger partial charge is 0.377 e. The number of aromatic amines is 1. The molecule has 6 heteroatoms. The van der Waals surface area contributed by atoms with Crippen molar-refractivity contribution in [1.82, 2.24) is 10.3 Å². The van der Waals surface area contributed by atoms with Crippen molar-refractivity contribution >= 4 is 17.5 Å². The number of pyridine rings is 1. The smallest absolute Gasteiger partial charge is 0.266 e. The fraction of sp³-hybridized carbons (Fsp3) is 0.571. The van der Waals surface area contributed by atoms with Crippen LogP contribution in [-0.4, -0.2) is 29.6 Å². The number of rotatable bonds is 3. The highest BCUT2D eigenvalue weighted by atomic mass is 35.5. The lowest BCUT2D eigenvalue weighted by molar-refractivity contribution is -0.0545. The summed E-state index contributed by atoms with van der Waals surface area (Å²) >= 11 is 5.74. The Morgan fingerprint density at radius 3 is 3.10 bits per heavy atom. The van der Waals surface area contributed by atoms with Crippen molar-refractivity contribution in [3.05, 3.63) is 33.2 Å². The lowest BCUT2D eigenvalue weighted by Crippen LogP contribution is -2.61. The molecular formula is C14H17ClN2O3. The van der Waals surface area contributed by atoms with Gasteiger partial charge in [0.2, 0.25) is 0 Å². The molecule has 0 unspecified atom stereocenters. The van der Waals surface area contributed by atoms with E-state index in [0.29, 0.717) is 23.5 Å². The summed E-state index contributed by atoms with van der Waals surface area (Å²) in [5.74, 6) is 0.601. The first-order chi connectivity index (χ1) is 9.61. The summed E-state index contributed by atoms with van der Waals surface area (Å²) in [5, 5.41) is 3.08. The van der Waals surface area contributed by atoms with Gasteiger partial charge in [-0.1, -0.05) is 18.5 Å². The molecule has 1 saturated carbocycles. The Morgan fingerprint density at radius 1 is 1.60 bits per heavy atom. The monoisotopic (exact) mass is 296 g/mol. The minimum atomic E-state index is -0.387. The van der Waals surface area contributed by atoms with Gasteiger partial charge in [0, 0.05) is 30.7 Å². The minimum absolute atomic E-state index is 0.0281. The van der Waals surface area contributed by atoms with E-state index in [4.69, 9.17) is 16.3 Å². The number of halogens is 1. The summed E-state index contributed by atoms with van der Waals surface area (Å²) in [6, 6.07) is 1.56. The SMILES string of the molecule is CC[C@@H]1[C@@H](NC(=O)c2c[nH]c(=O)c(Cl)c2)[C@@H]2CCO[C@H]12. The fourth-order valence-corrected chi connectivity index (χ4v) is 3.52. The van der Waals surface area contributed by atoms with Crippen molar-refractivity contribution in [2.24, 2.45) is 11.8 Å². The number of hydrogen-bond donors (Lipinski definition) is 2. The van der Waals surface area contributed by atoms with Crippen molar-refractivity contribution in [1.29, 1.82) is 0 Å². The van der Waals surface area contributed by atoms with E-state index in [9.17, 15) is 9.59 Å². The van der Waals surface area contributed by atoms with Crippen LogP contribution >= 0.6 is 11.6 Å². The van der Waals surface area contributed by atoms with Gasteiger partial charge in [-0.15, -0.1) is 0 Å². The van der Waals surface area contributed by atoms with E-state index in [0.717, 1.165) is 19.4 Å². The van der Waals surface area contributed by atoms with E-state index >= 15 is 0 Å². The number of amides is 1. The second-order valence-electron chi connectivity index (χ2n) is 5.42. The molecule has 108 valence electrons. The molecule has 0 spiro atoms. The topological polar surface area (TPSA) is 71.2 Å². The average Bonchev–Trinajstić information content (AvgIpc) is 2.84. The second-order valence-corrected chi connectivity index (χ2v) is 5.83. The quantitative estimate of drug-likeness (QED) is 0.889. The summed E-state index contributed by atoms with van der Waals surface area (Å²) in [7, 11) is 0. The highest BCUT2D eigenvalue weighted by Crippen LogP contribution is 2.45. The summed E-state index contributed by atoms with van der Waals surface area (Å²) in [4.78, 5) is 25.9. The highest BCUT2D eigenvalue weighted by Gasteiger charge is 2.53. The Morgan fingerprint density at radius 2 is 2.40 bits per heavy atom.